The van der Waals surface area contributed by atoms with E-state index in [1.807, 2.05) is 10.6 Å². The second-order valence-electron chi connectivity index (χ2n) is 3.42. The third-order valence-corrected chi connectivity index (χ3v) is 2.49. The van der Waals surface area contributed by atoms with Crippen LogP contribution in [-0.2, 0) is 13.0 Å². The van der Waals surface area contributed by atoms with Gasteiger partial charge in [-0.25, -0.2) is 4.79 Å². The number of rotatable bonds is 1. The first-order chi connectivity index (χ1) is 6.18. The molecule has 1 aromatic rings. The summed E-state index contributed by atoms with van der Waals surface area (Å²) in [5.41, 5.74) is 7.19. The highest BCUT2D eigenvalue weighted by molar-refractivity contribution is 5.86. The number of hydrogen-bond acceptors (Lipinski definition) is 2. The van der Waals surface area contributed by atoms with Crippen LogP contribution in [0.2, 0.25) is 0 Å². The molecule has 0 saturated carbocycles. The predicted octanol–water partition coefficient (Wildman–Crippen LogP) is 0.460. The van der Waals surface area contributed by atoms with E-state index in [4.69, 9.17) is 10.8 Å². The average molecular weight is 180 g/mol. The van der Waals surface area contributed by atoms with Gasteiger partial charge in [-0.05, 0) is 18.6 Å². The van der Waals surface area contributed by atoms with Crippen molar-refractivity contribution in [2.24, 2.45) is 5.73 Å². The lowest BCUT2D eigenvalue weighted by atomic mass is 10.1. The molecule has 2 heterocycles. The van der Waals surface area contributed by atoms with Gasteiger partial charge in [-0.3, -0.25) is 0 Å². The van der Waals surface area contributed by atoms with E-state index in [1.54, 1.807) is 6.07 Å². The molecule has 0 fully saturated rings. The number of fused-ring (bicyclic) bond motifs is 1. The Kier molecular flexibility index (Phi) is 1.84. The van der Waals surface area contributed by atoms with Gasteiger partial charge in [-0.1, -0.05) is 0 Å². The van der Waals surface area contributed by atoms with Crippen LogP contribution >= 0.6 is 0 Å². The molecule has 1 atom stereocenters. The molecule has 0 aromatic carbocycles. The molecule has 0 bridgehead atoms. The molecule has 1 aliphatic heterocycles. The molecule has 0 aliphatic carbocycles. The largest absolute Gasteiger partial charge is 0.477 e. The Hall–Kier alpha value is -1.29. The van der Waals surface area contributed by atoms with E-state index in [1.165, 1.54) is 0 Å². The van der Waals surface area contributed by atoms with Gasteiger partial charge in [0.1, 0.15) is 5.69 Å². The number of carboxylic acids is 1. The summed E-state index contributed by atoms with van der Waals surface area (Å²) in [6, 6.07) is 3.68. The molecule has 4 nitrogen and oxygen atoms in total. The van der Waals surface area contributed by atoms with Crippen LogP contribution in [0.3, 0.4) is 0 Å². The van der Waals surface area contributed by atoms with Gasteiger partial charge in [-0.15, -0.1) is 0 Å². The summed E-state index contributed by atoms with van der Waals surface area (Å²) in [6.45, 7) is 0.727. The van der Waals surface area contributed by atoms with Crippen molar-refractivity contribution in [2.75, 3.05) is 0 Å². The zero-order valence-corrected chi connectivity index (χ0v) is 7.23. The zero-order chi connectivity index (χ0) is 9.42. The van der Waals surface area contributed by atoms with Gasteiger partial charge in [0.15, 0.2) is 0 Å². The van der Waals surface area contributed by atoms with Crippen molar-refractivity contribution < 1.29 is 9.90 Å². The van der Waals surface area contributed by atoms with Gasteiger partial charge in [0, 0.05) is 24.7 Å². The summed E-state index contributed by atoms with van der Waals surface area (Å²) >= 11 is 0. The third-order valence-electron chi connectivity index (χ3n) is 2.49. The first kappa shape index (κ1) is 8.31. The molecule has 0 amide bonds. The Morgan fingerprint density at radius 1 is 1.62 bits per heavy atom. The minimum atomic E-state index is -0.860. The Bertz CT molecular complexity index is 343. The molecule has 1 aliphatic rings. The zero-order valence-electron chi connectivity index (χ0n) is 7.23. The highest BCUT2D eigenvalue weighted by Gasteiger charge is 2.20. The Labute approximate surface area is 76.0 Å². The van der Waals surface area contributed by atoms with Gasteiger partial charge in [0.25, 0.3) is 0 Å². The Balaban J connectivity index is 2.39. The second-order valence-corrected chi connectivity index (χ2v) is 3.42. The second kappa shape index (κ2) is 2.88. The van der Waals surface area contributed by atoms with Gasteiger partial charge in [0.2, 0.25) is 0 Å². The fraction of sp³-hybridized carbons (Fsp3) is 0.444. The Morgan fingerprint density at radius 2 is 2.38 bits per heavy atom. The summed E-state index contributed by atoms with van der Waals surface area (Å²) in [5.74, 6) is -0.860. The van der Waals surface area contributed by atoms with E-state index in [2.05, 4.69) is 0 Å². The van der Waals surface area contributed by atoms with E-state index in [-0.39, 0.29) is 6.04 Å². The van der Waals surface area contributed by atoms with Crippen LogP contribution in [0.15, 0.2) is 12.1 Å². The summed E-state index contributed by atoms with van der Waals surface area (Å²) in [7, 11) is 0. The van der Waals surface area contributed by atoms with Crippen LogP contribution in [0.4, 0.5) is 0 Å². The van der Waals surface area contributed by atoms with Crippen molar-refractivity contribution in [1.29, 1.82) is 0 Å². The van der Waals surface area contributed by atoms with Crippen molar-refractivity contribution in [3.8, 4) is 0 Å². The van der Waals surface area contributed by atoms with Crippen molar-refractivity contribution in [2.45, 2.75) is 25.4 Å². The van der Waals surface area contributed by atoms with Gasteiger partial charge < -0.3 is 15.4 Å². The fourth-order valence-electron chi connectivity index (χ4n) is 1.80. The maximum absolute atomic E-state index is 10.8. The topological polar surface area (TPSA) is 68.2 Å². The number of hydrogen-bond donors (Lipinski definition) is 2. The highest BCUT2D eigenvalue weighted by atomic mass is 16.4. The van der Waals surface area contributed by atoms with Crippen LogP contribution < -0.4 is 5.73 Å². The lowest BCUT2D eigenvalue weighted by Gasteiger charge is -2.21. The number of carboxylic acid groups (broad SMARTS) is 1. The number of carbonyl (C=O) groups is 1. The smallest absolute Gasteiger partial charge is 0.352 e. The van der Waals surface area contributed by atoms with Crippen LogP contribution in [0.25, 0.3) is 0 Å². The maximum Gasteiger partial charge on any atom is 0.352 e. The number of aromatic nitrogens is 1. The lowest BCUT2D eigenvalue weighted by molar-refractivity contribution is 0.0683. The Morgan fingerprint density at radius 3 is 3.08 bits per heavy atom. The molecular weight excluding hydrogens is 168 g/mol. The van der Waals surface area contributed by atoms with Crippen molar-refractivity contribution >= 4 is 5.97 Å². The minimum absolute atomic E-state index is 0.184. The SMILES string of the molecule is NC1CCn2c(ccc2C(=O)O)C1. The minimum Gasteiger partial charge on any atom is -0.477 e. The van der Waals surface area contributed by atoms with Gasteiger partial charge in [0.05, 0.1) is 0 Å². The number of nitrogens with zero attached hydrogens (tertiary/aromatic N) is 1. The van der Waals surface area contributed by atoms with Crippen LogP contribution in [0.5, 0.6) is 0 Å². The maximum atomic E-state index is 10.8. The summed E-state index contributed by atoms with van der Waals surface area (Å²) in [6.07, 6.45) is 1.65. The molecular formula is C9H12N2O2. The monoisotopic (exact) mass is 180 g/mol. The highest BCUT2D eigenvalue weighted by Crippen LogP contribution is 2.18. The van der Waals surface area contributed by atoms with Crippen LogP contribution in [-0.4, -0.2) is 21.7 Å². The van der Waals surface area contributed by atoms with Gasteiger partial charge in [-0.2, -0.15) is 0 Å². The third kappa shape index (κ3) is 1.33. The first-order valence-electron chi connectivity index (χ1n) is 4.36. The molecule has 0 spiro atoms. The molecule has 1 unspecified atom stereocenters. The summed E-state index contributed by atoms with van der Waals surface area (Å²) in [4.78, 5) is 10.8. The van der Waals surface area contributed by atoms with Crippen molar-refractivity contribution in [3.05, 3.63) is 23.5 Å². The summed E-state index contributed by atoms with van der Waals surface area (Å²) < 4.78 is 1.84. The average Bonchev–Trinajstić information content (AvgIpc) is 2.46. The summed E-state index contributed by atoms with van der Waals surface area (Å²) in [5, 5.41) is 8.84. The van der Waals surface area contributed by atoms with E-state index in [0.717, 1.165) is 25.1 Å². The molecule has 4 heteroatoms. The molecule has 2 rings (SSSR count). The van der Waals surface area contributed by atoms with Crippen LogP contribution in [0.1, 0.15) is 22.6 Å². The van der Waals surface area contributed by atoms with Crippen molar-refractivity contribution in [1.82, 2.24) is 4.57 Å². The van der Waals surface area contributed by atoms with E-state index < -0.39 is 5.97 Å². The number of aromatic carboxylic acids is 1. The number of nitrogens with two attached hydrogens (primary N) is 1. The molecule has 13 heavy (non-hydrogen) atoms. The molecule has 70 valence electrons. The molecule has 0 saturated heterocycles. The van der Waals surface area contributed by atoms with Crippen molar-refractivity contribution in [3.63, 3.8) is 0 Å². The standard InChI is InChI=1S/C9H12N2O2/c10-6-3-4-11-7(5-6)1-2-8(11)9(12)13/h1-2,6H,3-5,10H2,(H,12,13). The van der Waals surface area contributed by atoms with Gasteiger partial charge >= 0.3 is 5.97 Å². The van der Waals surface area contributed by atoms with E-state index in [9.17, 15) is 4.79 Å². The van der Waals surface area contributed by atoms with Crippen LogP contribution in [0, 0.1) is 0 Å². The normalized spacial score (nSPS) is 21.2. The first-order valence-corrected chi connectivity index (χ1v) is 4.36. The molecule has 0 radical (unpaired) electrons. The molecule has 1 aromatic heterocycles. The van der Waals surface area contributed by atoms with E-state index >= 15 is 0 Å². The lowest BCUT2D eigenvalue weighted by Crippen LogP contribution is -2.31. The fourth-order valence-corrected chi connectivity index (χ4v) is 1.80. The van der Waals surface area contributed by atoms with E-state index in [0.29, 0.717) is 5.69 Å². The molecule has 3 N–H and O–H groups in total. The quantitative estimate of drug-likeness (QED) is 0.659. The predicted molar refractivity (Wildman–Crippen MR) is 47.7 cm³/mol.